The fourth-order valence-electron chi connectivity index (χ4n) is 1.35. The van der Waals surface area contributed by atoms with Crippen LogP contribution in [0.5, 0.6) is 0 Å². The third-order valence-corrected chi connectivity index (χ3v) is 3.08. The van der Waals surface area contributed by atoms with E-state index >= 15 is 0 Å². The van der Waals surface area contributed by atoms with Crippen LogP contribution in [0.1, 0.15) is 33.1 Å². The van der Waals surface area contributed by atoms with Gasteiger partial charge in [0.15, 0.2) is 0 Å². The van der Waals surface area contributed by atoms with Crippen LogP contribution in [0.25, 0.3) is 0 Å². The molecule has 0 aromatic rings. The molecule has 1 aliphatic carbocycles. The number of nitrogens with one attached hydrogen (secondary N) is 1. The second-order valence-electron chi connectivity index (χ2n) is 4.29. The van der Waals surface area contributed by atoms with Crippen LogP contribution in [-0.4, -0.2) is 28.6 Å². The zero-order valence-corrected chi connectivity index (χ0v) is 9.12. The lowest BCUT2D eigenvalue weighted by Crippen LogP contribution is -2.52. The minimum atomic E-state index is -1.03. The van der Waals surface area contributed by atoms with Gasteiger partial charge in [0.1, 0.15) is 5.54 Å². The molecule has 2 atom stereocenters. The topological polar surface area (TPSA) is 92.4 Å². The fourth-order valence-corrected chi connectivity index (χ4v) is 1.35. The Morgan fingerprint density at radius 2 is 2.07 bits per heavy atom. The Morgan fingerprint density at radius 1 is 1.53 bits per heavy atom. The van der Waals surface area contributed by atoms with E-state index in [1.165, 1.54) is 0 Å². The summed E-state index contributed by atoms with van der Waals surface area (Å²) in [5.74, 6) is -1.26. The van der Waals surface area contributed by atoms with Gasteiger partial charge >= 0.3 is 5.97 Å². The Hall–Kier alpha value is -1.10. The maximum atomic E-state index is 11.6. The van der Waals surface area contributed by atoms with Gasteiger partial charge in [0.25, 0.3) is 0 Å². The van der Waals surface area contributed by atoms with E-state index in [0.29, 0.717) is 12.8 Å². The van der Waals surface area contributed by atoms with E-state index in [1.54, 1.807) is 0 Å². The molecule has 0 spiro atoms. The molecule has 0 bridgehead atoms. The molecule has 0 aliphatic heterocycles. The summed E-state index contributed by atoms with van der Waals surface area (Å²) in [7, 11) is 0. The van der Waals surface area contributed by atoms with Crippen molar-refractivity contribution in [3.63, 3.8) is 0 Å². The van der Waals surface area contributed by atoms with Crippen molar-refractivity contribution in [2.45, 2.75) is 44.7 Å². The molecule has 5 heteroatoms. The molecule has 5 nitrogen and oxygen atoms in total. The van der Waals surface area contributed by atoms with Crippen molar-refractivity contribution in [2.75, 3.05) is 0 Å². The number of carboxylic acid groups (broad SMARTS) is 1. The number of rotatable bonds is 5. The molecule has 1 saturated carbocycles. The highest BCUT2D eigenvalue weighted by atomic mass is 16.4. The number of carbonyl (C=O) groups is 2. The van der Waals surface area contributed by atoms with E-state index in [1.807, 2.05) is 13.8 Å². The van der Waals surface area contributed by atoms with E-state index < -0.39 is 17.6 Å². The number of amides is 1. The fraction of sp³-hybridized carbons (Fsp3) is 0.800. The largest absolute Gasteiger partial charge is 0.480 e. The van der Waals surface area contributed by atoms with E-state index in [4.69, 9.17) is 10.8 Å². The van der Waals surface area contributed by atoms with Gasteiger partial charge in [0.2, 0.25) is 5.91 Å². The number of carboxylic acids is 1. The normalized spacial score (nSPS) is 21.5. The maximum Gasteiger partial charge on any atom is 0.329 e. The molecule has 0 radical (unpaired) electrons. The van der Waals surface area contributed by atoms with Crippen molar-refractivity contribution in [2.24, 2.45) is 11.7 Å². The van der Waals surface area contributed by atoms with Gasteiger partial charge in [0, 0.05) is 0 Å². The second-order valence-corrected chi connectivity index (χ2v) is 4.29. The van der Waals surface area contributed by atoms with Crippen molar-refractivity contribution < 1.29 is 14.7 Å². The molecule has 4 N–H and O–H groups in total. The lowest BCUT2D eigenvalue weighted by molar-refractivity contribution is -0.143. The highest BCUT2D eigenvalue weighted by molar-refractivity contribution is 5.91. The first kappa shape index (κ1) is 12.0. The van der Waals surface area contributed by atoms with E-state index in [-0.39, 0.29) is 11.8 Å². The molecule has 0 heterocycles. The summed E-state index contributed by atoms with van der Waals surface area (Å²) in [6.45, 7) is 3.83. The summed E-state index contributed by atoms with van der Waals surface area (Å²) in [4.78, 5) is 22.4. The molecule has 15 heavy (non-hydrogen) atoms. The van der Waals surface area contributed by atoms with Gasteiger partial charge in [-0.3, -0.25) is 4.79 Å². The average Bonchev–Trinajstić information content (AvgIpc) is 2.96. The van der Waals surface area contributed by atoms with E-state index in [2.05, 4.69) is 5.32 Å². The third kappa shape index (κ3) is 2.47. The standard InChI is InChI=1S/C10H18N2O3/c1-3-6(2)7(11)8(13)12-10(4-5-10)9(14)15/h6-7H,3-5,11H2,1-2H3,(H,12,13)(H,14,15). The summed E-state index contributed by atoms with van der Waals surface area (Å²) in [6, 6.07) is -0.619. The Kier molecular flexibility index (Phi) is 3.34. The molecule has 1 amide bonds. The van der Waals surface area contributed by atoms with Crippen LogP contribution in [-0.2, 0) is 9.59 Å². The Morgan fingerprint density at radius 3 is 2.40 bits per heavy atom. The summed E-state index contributed by atoms with van der Waals surface area (Å²) in [6.07, 6.45) is 1.80. The maximum absolute atomic E-state index is 11.6. The number of hydrogen-bond acceptors (Lipinski definition) is 3. The number of hydrogen-bond donors (Lipinski definition) is 3. The molecular formula is C10H18N2O3. The Bertz CT molecular complexity index is 274. The van der Waals surface area contributed by atoms with Crippen LogP contribution in [0.15, 0.2) is 0 Å². The Labute approximate surface area is 89.0 Å². The first-order valence-electron chi connectivity index (χ1n) is 5.24. The minimum Gasteiger partial charge on any atom is -0.480 e. The van der Waals surface area contributed by atoms with Gasteiger partial charge < -0.3 is 16.2 Å². The molecule has 0 saturated heterocycles. The van der Waals surface area contributed by atoms with Crippen molar-refractivity contribution in [3.05, 3.63) is 0 Å². The summed E-state index contributed by atoms with van der Waals surface area (Å²) >= 11 is 0. The summed E-state index contributed by atoms with van der Waals surface area (Å²) < 4.78 is 0. The highest BCUT2D eigenvalue weighted by Crippen LogP contribution is 2.35. The van der Waals surface area contributed by atoms with Crippen LogP contribution >= 0.6 is 0 Å². The van der Waals surface area contributed by atoms with Gasteiger partial charge in [-0.15, -0.1) is 0 Å². The van der Waals surface area contributed by atoms with E-state index in [9.17, 15) is 9.59 Å². The monoisotopic (exact) mass is 214 g/mol. The van der Waals surface area contributed by atoms with Crippen molar-refractivity contribution in [3.8, 4) is 0 Å². The molecule has 86 valence electrons. The molecule has 2 unspecified atom stereocenters. The average molecular weight is 214 g/mol. The van der Waals surface area contributed by atoms with Crippen LogP contribution in [0, 0.1) is 5.92 Å². The lowest BCUT2D eigenvalue weighted by atomic mass is 9.99. The smallest absolute Gasteiger partial charge is 0.329 e. The van der Waals surface area contributed by atoms with Crippen LogP contribution in [0.2, 0.25) is 0 Å². The zero-order chi connectivity index (χ0) is 11.6. The molecule has 1 rings (SSSR count). The quantitative estimate of drug-likeness (QED) is 0.605. The first-order chi connectivity index (χ1) is 6.93. The highest BCUT2D eigenvalue weighted by Gasteiger charge is 2.52. The predicted molar refractivity (Wildman–Crippen MR) is 55.2 cm³/mol. The third-order valence-electron chi connectivity index (χ3n) is 3.08. The number of carbonyl (C=O) groups excluding carboxylic acids is 1. The lowest BCUT2D eigenvalue weighted by Gasteiger charge is -2.20. The molecule has 1 fully saturated rings. The predicted octanol–water partition coefficient (Wildman–Crippen LogP) is 0.0932. The number of nitrogens with two attached hydrogens (primary N) is 1. The molecule has 0 aromatic heterocycles. The van der Waals surface area contributed by atoms with Crippen molar-refractivity contribution in [1.29, 1.82) is 0 Å². The van der Waals surface area contributed by atoms with Gasteiger partial charge in [-0.25, -0.2) is 4.79 Å². The van der Waals surface area contributed by atoms with Crippen molar-refractivity contribution in [1.82, 2.24) is 5.32 Å². The van der Waals surface area contributed by atoms with Crippen LogP contribution < -0.4 is 11.1 Å². The van der Waals surface area contributed by atoms with Crippen LogP contribution in [0.4, 0.5) is 0 Å². The molecular weight excluding hydrogens is 196 g/mol. The zero-order valence-electron chi connectivity index (χ0n) is 9.12. The second kappa shape index (κ2) is 4.18. The van der Waals surface area contributed by atoms with Gasteiger partial charge in [-0.1, -0.05) is 20.3 Å². The van der Waals surface area contributed by atoms with Crippen molar-refractivity contribution >= 4 is 11.9 Å². The summed E-state index contributed by atoms with van der Waals surface area (Å²) in [5.41, 5.74) is 4.68. The van der Waals surface area contributed by atoms with E-state index in [0.717, 1.165) is 6.42 Å². The van der Waals surface area contributed by atoms with Crippen LogP contribution in [0.3, 0.4) is 0 Å². The van der Waals surface area contributed by atoms with Gasteiger partial charge in [0.05, 0.1) is 6.04 Å². The SMILES string of the molecule is CCC(C)C(N)C(=O)NC1(C(=O)O)CC1. The molecule has 1 aliphatic rings. The minimum absolute atomic E-state index is 0.0644. The van der Waals surface area contributed by atoms with Gasteiger partial charge in [-0.2, -0.15) is 0 Å². The molecule has 0 aromatic carbocycles. The Balaban J connectivity index is 2.52. The summed E-state index contributed by atoms with van der Waals surface area (Å²) in [5, 5.41) is 11.4. The number of aliphatic carboxylic acids is 1. The first-order valence-corrected chi connectivity index (χ1v) is 5.24. The van der Waals surface area contributed by atoms with Gasteiger partial charge in [-0.05, 0) is 18.8 Å².